The van der Waals surface area contributed by atoms with E-state index >= 15 is 0 Å². The number of aliphatic carboxylic acids is 1. The lowest BCUT2D eigenvalue weighted by atomic mass is 9.98. The molecule has 0 saturated heterocycles. The molecule has 2 atom stereocenters. The quantitative estimate of drug-likeness (QED) is 0.435. The molecule has 0 aliphatic heterocycles. The van der Waals surface area contributed by atoms with Gasteiger partial charge in [-0.25, -0.2) is 9.59 Å². The lowest BCUT2D eigenvalue weighted by Gasteiger charge is -2.21. The highest BCUT2D eigenvalue weighted by Gasteiger charge is 2.30. The van der Waals surface area contributed by atoms with Crippen LogP contribution in [0.15, 0.2) is 78.9 Å². The van der Waals surface area contributed by atoms with Crippen molar-refractivity contribution in [3.8, 4) is 11.1 Å². The van der Waals surface area contributed by atoms with Crippen LogP contribution in [0.25, 0.3) is 11.1 Å². The van der Waals surface area contributed by atoms with Crippen LogP contribution < -0.4 is 10.6 Å². The highest BCUT2D eigenvalue weighted by molar-refractivity contribution is 5.89. The van der Waals surface area contributed by atoms with E-state index in [1.807, 2.05) is 66.7 Å². The number of fused-ring (bicyclic) bond motifs is 3. The zero-order valence-corrected chi connectivity index (χ0v) is 19.4. The summed E-state index contributed by atoms with van der Waals surface area (Å²) in [6.45, 7) is 1.79. The molecule has 1 aliphatic carbocycles. The summed E-state index contributed by atoms with van der Waals surface area (Å²) in [6.07, 6.45) is -0.303. The predicted octanol–water partition coefficient (Wildman–Crippen LogP) is 4.12. The monoisotopic (exact) mass is 472 g/mol. The molecule has 0 aromatic heterocycles. The van der Waals surface area contributed by atoms with E-state index in [-0.39, 0.29) is 25.4 Å². The van der Waals surface area contributed by atoms with Crippen molar-refractivity contribution in [3.63, 3.8) is 0 Å². The molecule has 35 heavy (non-hydrogen) atoms. The molecule has 0 bridgehead atoms. The molecular weight excluding hydrogens is 444 g/mol. The Bertz CT molecular complexity index is 1170. The summed E-state index contributed by atoms with van der Waals surface area (Å²) >= 11 is 0. The lowest BCUT2D eigenvalue weighted by molar-refractivity contribution is -0.142. The molecule has 0 saturated carbocycles. The maximum absolute atomic E-state index is 12.9. The van der Waals surface area contributed by atoms with Crippen molar-refractivity contribution in [2.75, 3.05) is 6.61 Å². The van der Waals surface area contributed by atoms with Gasteiger partial charge in [-0.2, -0.15) is 0 Å². The number of carboxylic acid groups (broad SMARTS) is 1. The first-order valence-corrected chi connectivity index (χ1v) is 11.7. The van der Waals surface area contributed by atoms with E-state index in [4.69, 9.17) is 4.74 Å². The van der Waals surface area contributed by atoms with Crippen molar-refractivity contribution < 1.29 is 24.2 Å². The fraction of sp³-hybridized carbons (Fsp3) is 0.250. The largest absolute Gasteiger partial charge is 0.480 e. The second-order valence-electron chi connectivity index (χ2n) is 8.52. The molecule has 0 fully saturated rings. The van der Waals surface area contributed by atoms with Gasteiger partial charge in [-0.1, -0.05) is 85.8 Å². The molecule has 3 N–H and O–H groups in total. The van der Waals surface area contributed by atoms with Crippen LogP contribution in [0.2, 0.25) is 0 Å². The normalized spacial score (nSPS) is 13.7. The number of hydrogen-bond acceptors (Lipinski definition) is 4. The first-order valence-electron chi connectivity index (χ1n) is 11.7. The van der Waals surface area contributed by atoms with Crippen LogP contribution >= 0.6 is 0 Å². The third-order valence-electron chi connectivity index (χ3n) is 6.26. The third kappa shape index (κ3) is 5.51. The number of nitrogens with one attached hydrogen (secondary N) is 2. The van der Waals surface area contributed by atoms with Gasteiger partial charge in [0.05, 0.1) is 0 Å². The third-order valence-corrected chi connectivity index (χ3v) is 6.26. The number of hydrogen-bond donors (Lipinski definition) is 3. The van der Waals surface area contributed by atoms with Crippen LogP contribution in [-0.4, -0.2) is 41.8 Å². The Morgan fingerprint density at radius 1 is 0.829 bits per heavy atom. The molecule has 7 heteroatoms. The van der Waals surface area contributed by atoms with Crippen LogP contribution in [0.3, 0.4) is 0 Å². The Labute approximate surface area is 204 Å². The molecule has 3 aromatic carbocycles. The molecule has 2 amide bonds. The minimum atomic E-state index is -1.12. The minimum absolute atomic E-state index is 0.106. The highest BCUT2D eigenvalue weighted by Crippen LogP contribution is 2.44. The van der Waals surface area contributed by atoms with Gasteiger partial charge in [-0.05, 0) is 34.2 Å². The van der Waals surface area contributed by atoms with Crippen LogP contribution in [0.4, 0.5) is 4.79 Å². The van der Waals surface area contributed by atoms with Crippen LogP contribution in [0, 0.1) is 0 Å². The van der Waals surface area contributed by atoms with Crippen molar-refractivity contribution in [3.05, 3.63) is 95.6 Å². The minimum Gasteiger partial charge on any atom is -0.480 e. The molecule has 1 aliphatic rings. The number of carbonyl (C=O) groups excluding carboxylic acids is 2. The van der Waals surface area contributed by atoms with Crippen LogP contribution in [0.5, 0.6) is 0 Å². The first kappa shape index (κ1) is 24.0. The topological polar surface area (TPSA) is 105 Å². The van der Waals surface area contributed by atoms with Crippen molar-refractivity contribution in [2.24, 2.45) is 0 Å². The number of rotatable bonds is 9. The zero-order chi connectivity index (χ0) is 24.8. The van der Waals surface area contributed by atoms with Crippen molar-refractivity contribution in [2.45, 2.75) is 37.8 Å². The number of ether oxygens (including phenoxy) is 1. The van der Waals surface area contributed by atoms with Crippen LogP contribution in [0.1, 0.15) is 36.0 Å². The lowest BCUT2D eigenvalue weighted by Crippen LogP contribution is -2.52. The first-order chi connectivity index (χ1) is 17.0. The molecule has 4 rings (SSSR count). The second kappa shape index (κ2) is 10.9. The molecule has 180 valence electrons. The van der Waals surface area contributed by atoms with Gasteiger partial charge < -0.3 is 20.5 Å². The Morgan fingerprint density at radius 3 is 1.97 bits per heavy atom. The van der Waals surface area contributed by atoms with E-state index in [9.17, 15) is 19.5 Å². The average molecular weight is 473 g/mol. The maximum atomic E-state index is 12.9. The SMILES string of the molecule is CC[C@H](NC(=O)C(Cc1ccccc1)NC(=O)OCC1c2ccccc2-c2ccccc21)C(=O)O. The summed E-state index contributed by atoms with van der Waals surface area (Å²) in [6, 6.07) is 23.3. The van der Waals surface area contributed by atoms with Crippen molar-refractivity contribution >= 4 is 18.0 Å². The van der Waals surface area contributed by atoms with Crippen molar-refractivity contribution in [1.29, 1.82) is 0 Å². The molecule has 0 radical (unpaired) electrons. The number of alkyl carbamates (subject to hydrolysis) is 1. The van der Waals surface area contributed by atoms with Gasteiger partial charge in [-0.15, -0.1) is 0 Å². The fourth-order valence-corrected chi connectivity index (χ4v) is 4.45. The fourth-order valence-electron chi connectivity index (χ4n) is 4.45. The van der Waals surface area contributed by atoms with E-state index in [1.54, 1.807) is 6.92 Å². The Balaban J connectivity index is 1.46. The maximum Gasteiger partial charge on any atom is 0.407 e. The van der Waals surface area contributed by atoms with E-state index in [0.29, 0.717) is 0 Å². The molecular formula is C28H28N2O5. The Kier molecular flexibility index (Phi) is 7.45. The second-order valence-corrected chi connectivity index (χ2v) is 8.52. The van der Waals surface area contributed by atoms with Gasteiger partial charge in [0.25, 0.3) is 0 Å². The number of amides is 2. The standard InChI is InChI=1S/C28H28N2O5/c1-2-24(27(32)33)29-26(31)25(16-18-10-4-3-5-11-18)30-28(34)35-17-23-21-14-8-6-12-19(21)20-13-7-9-15-22(20)23/h3-15,23-25H,2,16-17H2,1H3,(H,29,31)(H,30,34)(H,32,33)/t24-,25?/m0/s1. The molecule has 7 nitrogen and oxygen atoms in total. The van der Waals surface area contributed by atoms with Gasteiger partial charge in [0.15, 0.2) is 0 Å². The van der Waals surface area contributed by atoms with E-state index in [1.165, 1.54) is 0 Å². The van der Waals surface area contributed by atoms with E-state index in [2.05, 4.69) is 22.8 Å². The molecule has 3 aromatic rings. The van der Waals surface area contributed by atoms with Gasteiger partial charge in [0.1, 0.15) is 18.7 Å². The van der Waals surface area contributed by atoms with E-state index in [0.717, 1.165) is 27.8 Å². The predicted molar refractivity (Wildman–Crippen MR) is 132 cm³/mol. The zero-order valence-electron chi connectivity index (χ0n) is 19.4. The van der Waals surface area contributed by atoms with Crippen molar-refractivity contribution in [1.82, 2.24) is 10.6 Å². The van der Waals surface area contributed by atoms with Gasteiger partial charge >= 0.3 is 12.1 Å². The summed E-state index contributed by atoms with van der Waals surface area (Å²) in [5.41, 5.74) is 5.25. The summed E-state index contributed by atoms with van der Waals surface area (Å²) in [4.78, 5) is 37.1. The number of carbonyl (C=O) groups is 3. The number of carboxylic acids is 1. The molecule has 0 spiro atoms. The van der Waals surface area contributed by atoms with Crippen LogP contribution in [-0.2, 0) is 20.7 Å². The highest BCUT2D eigenvalue weighted by atomic mass is 16.5. The Hall–Kier alpha value is -4.13. The smallest absolute Gasteiger partial charge is 0.407 e. The van der Waals surface area contributed by atoms with Gasteiger partial charge in [-0.3, -0.25) is 4.79 Å². The number of benzene rings is 3. The average Bonchev–Trinajstić information content (AvgIpc) is 3.19. The van der Waals surface area contributed by atoms with Gasteiger partial charge in [0.2, 0.25) is 5.91 Å². The summed E-state index contributed by atoms with van der Waals surface area (Å²) < 4.78 is 5.59. The molecule has 1 unspecified atom stereocenters. The summed E-state index contributed by atoms with van der Waals surface area (Å²) in [5, 5.41) is 14.5. The van der Waals surface area contributed by atoms with Gasteiger partial charge in [0, 0.05) is 12.3 Å². The summed E-state index contributed by atoms with van der Waals surface area (Å²) in [5.74, 6) is -1.80. The molecule has 0 heterocycles. The Morgan fingerprint density at radius 2 is 1.40 bits per heavy atom. The summed E-state index contributed by atoms with van der Waals surface area (Å²) in [7, 11) is 0. The van der Waals surface area contributed by atoms with E-state index < -0.39 is 30.1 Å².